The summed E-state index contributed by atoms with van der Waals surface area (Å²) < 4.78 is 1.00. The summed E-state index contributed by atoms with van der Waals surface area (Å²) in [6.07, 6.45) is 3.30. The second-order valence-corrected chi connectivity index (χ2v) is 7.69. The Kier molecular flexibility index (Phi) is 3.25. The number of nitrogen functional groups attached to an aromatic ring is 1. The maximum absolute atomic E-state index is 9.71. The van der Waals surface area contributed by atoms with E-state index in [9.17, 15) is 5.26 Å². The number of aryl methyl sites for hydroxylation is 2. The molecular weight excluding hydrogens is 340 g/mol. The van der Waals surface area contributed by atoms with Gasteiger partial charge in [0, 0.05) is 16.6 Å². The SMILES string of the molecule is Cc1nc2sc3c(-c4ccccc4)c(C#N)c(N)nc3c2c2c1CCC2. The van der Waals surface area contributed by atoms with Crippen LogP contribution in [0.15, 0.2) is 30.3 Å². The molecule has 0 amide bonds. The smallest absolute Gasteiger partial charge is 0.142 e. The van der Waals surface area contributed by atoms with Gasteiger partial charge in [-0.3, -0.25) is 0 Å². The lowest BCUT2D eigenvalue weighted by Crippen LogP contribution is -1.98. The number of nitriles is 1. The lowest BCUT2D eigenvalue weighted by Gasteiger charge is -2.09. The van der Waals surface area contributed by atoms with E-state index in [0.717, 1.165) is 56.5 Å². The van der Waals surface area contributed by atoms with Crippen molar-refractivity contribution in [1.29, 1.82) is 5.26 Å². The van der Waals surface area contributed by atoms with Gasteiger partial charge in [-0.15, -0.1) is 11.3 Å². The number of benzene rings is 1. The molecule has 2 N–H and O–H groups in total. The highest BCUT2D eigenvalue weighted by atomic mass is 32.1. The predicted octanol–water partition coefficient (Wildman–Crippen LogP) is 4.76. The third-order valence-electron chi connectivity index (χ3n) is 5.23. The summed E-state index contributed by atoms with van der Waals surface area (Å²) in [6.45, 7) is 2.09. The second kappa shape index (κ2) is 5.52. The number of nitrogens with two attached hydrogens (primary N) is 1. The summed E-state index contributed by atoms with van der Waals surface area (Å²) in [5.74, 6) is 0.297. The van der Waals surface area contributed by atoms with E-state index in [0.29, 0.717) is 11.4 Å². The van der Waals surface area contributed by atoms with E-state index >= 15 is 0 Å². The van der Waals surface area contributed by atoms with Gasteiger partial charge in [-0.05, 0) is 42.9 Å². The van der Waals surface area contributed by atoms with Gasteiger partial charge in [0.05, 0.1) is 10.2 Å². The molecule has 1 aromatic carbocycles. The van der Waals surface area contributed by atoms with Crippen molar-refractivity contribution in [3.8, 4) is 17.2 Å². The number of nitrogens with zero attached hydrogens (tertiary/aromatic N) is 3. The largest absolute Gasteiger partial charge is 0.383 e. The highest BCUT2D eigenvalue weighted by Gasteiger charge is 2.25. The lowest BCUT2D eigenvalue weighted by molar-refractivity contribution is 0.908. The van der Waals surface area contributed by atoms with Gasteiger partial charge in [-0.2, -0.15) is 5.26 Å². The van der Waals surface area contributed by atoms with Crippen molar-refractivity contribution >= 4 is 37.6 Å². The van der Waals surface area contributed by atoms with E-state index in [1.165, 1.54) is 11.1 Å². The monoisotopic (exact) mass is 356 g/mol. The van der Waals surface area contributed by atoms with Crippen LogP contribution < -0.4 is 5.73 Å². The molecule has 0 fully saturated rings. The van der Waals surface area contributed by atoms with Crippen molar-refractivity contribution in [3.05, 3.63) is 52.7 Å². The Morgan fingerprint density at radius 2 is 1.88 bits per heavy atom. The van der Waals surface area contributed by atoms with Gasteiger partial charge < -0.3 is 5.73 Å². The molecule has 0 spiro atoms. The first-order valence-corrected chi connectivity index (χ1v) is 9.50. The molecule has 0 aliphatic heterocycles. The fourth-order valence-electron chi connectivity index (χ4n) is 4.09. The van der Waals surface area contributed by atoms with Crippen LogP contribution in [-0.4, -0.2) is 9.97 Å². The van der Waals surface area contributed by atoms with Crippen molar-refractivity contribution in [2.45, 2.75) is 26.2 Å². The number of rotatable bonds is 1. The summed E-state index contributed by atoms with van der Waals surface area (Å²) >= 11 is 1.62. The lowest BCUT2D eigenvalue weighted by atomic mass is 9.99. The van der Waals surface area contributed by atoms with E-state index in [-0.39, 0.29) is 0 Å². The Bertz CT molecular complexity index is 1230. The van der Waals surface area contributed by atoms with Crippen LogP contribution in [0.3, 0.4) is 0 Å². The number of pyridine rings is 2. The van der Waals surface area contributed by atoms with Crippen molar-refractivity contribution in [3.63, 3.8) is 0 Å². The van der Waals surface area contributed by atoms with Crippen LogP contribution >= 0.6 is 11.3 Å². The zero-order valence-corrected chi connectivity index (χ0v) is 15.2. The third-order valence-corrected chi connectivity index (χ3v) is 6.32. The van der Waals surface area contributed by atoms with Crippen LogP contribution in [-0.2, 0) is 12.8 Å². The molecule has 0 bridgehead atoms. The molecule has 3 heterocycles. The zero-order valence-electron chi connectivity index (χ0n) is 14.3. The number of anilines is 1. The fraction of sp³-hybridized carbons (Fsp3) is 0.190. The molecule has 5 heteroatoms. The van der Waals surface area contributed by atoms with E-state index in [1.807, 2.05) is 30.3 Å². The molecule has 0 saturated heterocycles. The number of hydrogen-bond donors (Lipinski definition) is 1. The molecule has 0 saturated carbocycles. The highest BCUT2D eigenvalue weighted by molar-refractivity contribution is 7.26. The quantitative estimate of drug-likeness (QED) is 0.533. The first-order chi connectivity index (χ1) is 12.7. The normalized spacial score (nSPS) is 13.2. The maximum atomic E-state index is 9.71. The molecule has 4 aromatic rings. The third kappa shape index (κ3) is 2.00. The van der Waals surface area contributed by atoms with E-state index < -0.39 is 0 Å². The topological polar surface area (TPSA) is 75.6 Å². The average molecular weight is 356 g/mol. The van der Waals surface area contributed by atoms with Gasteiger partial charge in [-0.1, -0.05) is 30.3 Å². The summed E-state index contributed by atoms with van der Waals surface area (Å²) in [7, 11) is 0. The van der Waals surface area contributed by atoms with E-state index in [1.54, 1.807) is 11.3 Å². The Labute approximate surface area is 154 Å². The molecule has 26 heavy (non-hydrogen) atoms. The summed E-state index contributed by atoms with van der Waals surface area (Å²) in [4.78, 5) is 10.5. The van der Waals surface area contributed by atoms with E-state index in [2.05, 4.69) is 18.0 Å². The van der Waals surface area contributed by atoms with Crippen molar-refractivity contribution in [2.75, 3.05) is 5.73 Å². The van der Waals surface area contributed by atoms with Crippen LogP contribution in [0.1, 0.15) is 28.8 Å². The van der Waals surface area contributed by atoms with Crippen LogP contribution in [0, 0.1) is 18.3 Å². The molecule has 5 rings (SSSR count). The Balaban J connectivity index is 2.00. The van der Waals surface area contributed by atoms with Crippen molar-refractivity contribution in [2.24, 2.45) is 0 Å². The minimum Gasteiger partial charge on any atom is -0.383 e. The van der Waals surface area contributed by atoms with E-state index in [4.69, 9.17) is 10.7 Å². The van der Waals surface area contributed by atoms with Crippen LogP contribution in [0.5, 0.6) is 0 Å². The summed E-state index contributed by atoms with van der Waals surface area (Å²) in [6, 6.07) is 12.2. The maximum Gasteiger partial charge on any atom is 0.142 e. The zero-order chi connectivity index (χ0) is 17.8. The Morgan fingerprint density at radius 3 is 2.65 bits per heavy atom. The molecule has 126 valence electrons. The molecule has 3 aromatic heterocycles. The Morgan fingerprint density at radius 1 is 1.12 bits per heavy atom. The van der Waals surface area contributed by atoms with Gasteiger partial charge in [0.2, 0.25) is 0 Å². The van der Waals surface area contributed by atoms with Crippen LogP contribution in [0.25, 0.3) is 31.6 Å². The minimum atomic E-state index is 0.297. The molecule has 1 aliphatic rings. The average Bonchev–Trinajstić information content (AvgIpc) is 3.26. The first kappa shape index (κ1) is 15.3. The van der Waals surface area contributed by atoms with Gasteiger partial charge in [-0.25, -0.2) is 9.97 Å². The Hall–Kier alpha value is -2.97. The fourth-order valence-corrected chi connectivity index (χ4v) is 5.35. The van der Waals surface area contributed by atoms with Crippen LogP contribution in [0.4, 0.5) is 5.82 Å². The summed E-state index contributed by atoms with van der Waals surface area (Å²) in [5.41, 5.74) is 13.3. The standard InChI is InChI=1S/C21H16N4S/c1-11-13-8-5-9-14(13)17-18-19(26-21(17)24-11)16(12-6-3-2-4-7-12)15(10-22)20(23)25-18/h2-4,6-7H,5,8-9H2,1H3,(H2,23,25). The first-order valence-electron chi connectivity index (χ1n) is 8.68. The molecule has 4 nitrogen and oxygen atoms in total. The number of thiophene rings is 1. The van der Waals surface area contributed by atoms with Gasteiger partial charge >= 0.3 is 0 Å². The molecule has 0 atom stereocenters. The predicted molar refractivity (Wildman–Crippen MR) is 106 cm³/mol. The molecule has 1 aliphatic carbocycles. The summed E-state index contributed by atoms with van der Waals surface area (Å²) in [5, 5.41) is 10.8. The van der Waals surface area contributed by atoms with Gasteiger partial charge in [0.1, 0.15) is 22.3 Å². The van der Waals surface area contributed by atoms with Crippen molar-refractivity contribution < 1.29 is 0 Å². The van der Waals surface area contributed by atoms with Crippen molar-refractivity contribution in [1.82, 2.24) is 9.97 Å². The number of fused-ring (bicyclic) bond motifs is 5. The number of hydrogen-bond acceptors (Lipinski definition) is 5. The van der Waals surface area contributed by atoms with Gasteiger partial charge in [0.15, 0.2) is 0 Å². The highest BCUT2D eigenvalue weighted by Crippen LogP contribution is 2.44. The van der Waals surface area contributed by atoms with Crippen LogP contribution in [0.2, 0.25) is 0 Å². The molecule has 0 unspecified atom stereocenters. The molecular formula is C21H16N4S. The number of aromatic nitrogens is 2. The second-order valence-electron chi connectivity index (χ2n) is 6.69. The van der Waals surface area contributed by atoms with Gasteiger partial charge in [0.25, 0.3) is 0 Å². The minimum absolute atomic E-state index is 0.297. The molecule has 0 radical (unpaired) electrons.